The first kappa shape index (κ1) is 35.0. The first-order valence-electron chi connectivity index (χ1n) is 15.0. The summed E-state index contributed by atoms with van der Waals surface area (Å²) in [6.07, 6.45) is -1.92. The van der Waals surface area contributed by atoms with Crippen LogP contribution in [-0.2, 0) is 39.0 Å². The minimum atomic E-state index is -4.81. The van der Waals surface area contributed by atoms with Gasteiger partial charge in [-0.1, -0.05) is 18.2 Å². The third-order valence-corrected chi connectivity index (χ3v) is 9.46. The maximum Gasteiger partial charge on any atom is 0.421 e. The molecular formula is C31H35F3N7O6P. The summed E-state index contributed by atoms with van der Waals surface area (Å²) >= 11 is 0. The molecule has 1 aliphatic heterocycles. The molecule has 256 valence electrons. The molecule has 1 amide bonds. The number of hydrogen-bond donors (Lipinski definition) is 4. The van der Waals surface area contributed by atoms with Crippen molar-refractivity contribution in [2.24, 2.45) is 0 Å². The van der Waals surface area contributed by atoms with E-state index in [1.165, 1.54) is 15.6 Å². The highest BCUT2D eigenvalue weighted by Crippen LogP contribution is 2.51. The number of carbonyl (C=O) groups excluding carboxylic acids is 1. The maximum atomic E-state index is 14.1. The lowest BCUT2D eigenvalue weighted by Crippen LogP contribution is -2.19. The van der Waals surface area contributed by atoms with Crippen LogP contribution in [0, 0.1) is 0 Å². The van der Waals surface area contributed by atoms with Gasteiger partial charge in [0.2, 0.25) is 5.95 Å². The maximum absolute atomic E-state index is 14.1. The van der Waals surface area contributed by atoms with Gasteiger partial charge in [-0.2, -0.15) is 23.3 Å². The zero-order valence-electron chi connectivity index (χ0n) is 26.4. The van der Waals surface area contributed by atoms with E-state index in [4.69, 9.17) is 14.2 Å². The zero-order chi connectivity index (χ0) is 34.6. The van der Waals surface area contributed by atoms with E-state index in [0.29, 0.717) is 34.1 Å². The zero-order valence-corrected chi connectivity index (χ0v) is 27.3. The number of alkyl halides is 3. The molecule has 0 radical (unpaired) electrons. The van der Waals surface area contributed by atoms with E-state index in [-0.39, 0.29) is 49.7 Å². The minimum Gasteiger partial charge on any atom is -0.394 e. The van der Waals surface area contributed by atoms with Crippen LogP contribution in [0.4, 0.5) is 36.3 Å². The summed E-state index contributed by atoms with van der Waals surface area (Å²) in [5.41, 5.74) is 2.15. The molecule has 2 aromatic carbocycles. The van der Waals surface area contributed by atoms with Gasteiger partial charge in [0.25, 0.3) is 5.91 Å². The van der Waals surface area contributed by atoms with Gasteiger partial charge < -0.3 is 34.8 Å². The Bertz CT molecular complexity index is 1810. The number of hydrogen-bond acceptors (Lipinski definition) is 11. The van der Waals surface area contributed by atoms with Crippen molar-refractivity contribution < 1.29 is 41.8 Å². The van der Waals surface area contributed by atoms with Crippen LogP contribution < -0.4 is 10.6 Å². The summed E-state index contributed by atoms with van der Waals surface area (Å²) in [7, 11) is -1.75. The Kier molecular flexibility index (Phi) is 10.5. The summed E-state index contributed by atoms with van der Waals surface area (Å²) in [6.45, 7) is 3.69. The number of anilines is 4. The van der Waals surface area contributed by atoms with Crippen molar-refractivity contribution in [3.05, 3.63) is 77.2 Å². The monoisotopic (exact) mass is 689 g/mol. The lowest BCUT2D eigenvalue weighted by molar-refractivity contribution is -0.137. The van der Waals surface area contributed by atoms with Crippen molar-refractivity contribution in [1.29, 1.82) is 0 Å². The molecule has 2 aromatic heterocycles. The van der Waals surface area contributed by atoms with E-state index in [9.17, 15) is 27.6 Å². The minimum absolute atomic E-state index is 0.0476. The van der Waals surface area contributed by atoms with Crippen LogP contribution >= 0.6 is 7.60 Å². The van der Waals surface area contributed by atoms with Crippen molar-refractivity contribution in [2.75, 3.05) is 37.5 Å². The molecule has 0 spiro atoms. The van der Waals surface area contributed by atoms with Gasteiger partial charge in [0.15, 0.2) is 0 Å². The molecule has 5 rings (SSSR count). The summed E-state index contributed by atoms with van der Waals surface area (Å²) < 4.78 is 67.4. The van der Waals surface area contributed by atoms with E-state index >= 15 is 0 Å². The Balaban J connectivity index is 1.43. The van der Waals surface area contributed by atoms with Crippen LogP contribution in [0.5, 0.6) is 0 Å². The number of fused-ring (bicyclic) bond motifs is 1. The Morgan fingerprint density at radius 1 is 1.06 bits per heavy atom. The number of nitrogens with zero attached hydrogens (tertiary/aromatic N) is 5. The second-order valence-electron chi connectivity index (χ2n) is 11.0. The fourth-order valence-electron chi connectivity index (χ4n) is 5.25. The van der Waals surface area contributed by atoms with Crippen molar-refractivity contribution in [1.82, 2.24) is 24.6 Å². The predicted molar refractivity (Wildman–Crippen MR) is 171 cm³/mol. The molecule has 0 fully saturated rings. The van der Waals surface area contributed by atoms with Gasteiger partial charge >= 0.3 is 13.8 Å². The number of aromatic nitrogens is 4. The molecule has 3 heterocycles. The number of amides is 1. The van der Waals surface area contributed by atoms with Gasteiger partial charge in [-0.25, -0.2) is 4.98 Å². The van der Waals surface area contributed by atoms with Gasteiger partial charge in [-0.05, 0) is 48.7 Å². The van der Waals surface area contributed by atoms with E-state index < -0.39 is 43.8 Å². The molecule has 4 aromatic rings. The van der Waals surface area contributed by atoms with E-state index in [1.807, 2.05) is 0 Å². The number of halogens is 3. The molecule has 1 atom stereocenters. The Hall–Kier alpha value is -4.34. The number of aliphatic hydroxyl groups is 2. The van der Waals surface area contributed by atoms with Crippen LogP contribution in [-0.4, -0.2) is 73.7 Å². The third kappa shape index (κ3) is 7.85. The Morgan fingerprint density at radius 3 is 2.42 bits per heavy atom. The standard InChI is InChI=1S/C31H35F3N7O6P/c1-4-46-48(45,47-5-2)18-19-6-8-21(9-7-19)37-30-35-13-25(31(32,33)34)28(39-30)38-26-11-10-23(24-16-40(3)29(44)27(24)26)20-12-36-41(14-20)15-22(43)17-42/h6-14,22,42-43H,4-5,15-18H2,1-3H3,(H2,35,37,38,39)/t22-/m0/s1. The number of carbonyl (C=O) groups is 1. The molecule has 0 aliphatic carbocycles. The number of nitrogens with one attached hydrogen (secondary N) is 2. The fourth-order valence-corrected chi connectivity index (χ4v) is 6.95. The second kappa shape index (κ2) is 14.4. The fraction of sp³-hybridized carbons (Fsp3) is 0.355. The molecule has 13 nitrogen and oxygen atoms in total. The van der Waals surface area contributed by atoms with Crippen molar-refractivity contribution in [3.8, 4) is 11.1 Å². The average molecular weight is 690 g/mol. The van der Waals surface area contributed by atoms with Crippen LogP contribution in [0.1, 0.15) is 40.9 Å². The van der Waals surface area contributed by atoms with Gasteiger partial charge in [-0.15, -0.1) is 0 Å². The Morgan fingerprint density at radius 2 is 1.77 bits per heavy atom. The smallest absolute Gasteiger partial charge is 0.394 e. The third-order valence-electron chi connectivity index (χ3n) is 7.41. The number of benzene rings is 2. The van der Waals surface area contributed by atoms with Crippen molar-refractivity contribution in [2.45, 2.75) is 45.4 Å². The molecule has 0 saturated heterocycles. The topological polar surface area (TPSA) is 164 Å². The quantitative estimate of drug-likeness (QED) is 0.123. The highest BCUT2D eigenvalue weighted by atomic mass is 31.2. The van der Waals surface area contributed by atoms with Gasteiger partial charge in [0, 0.05) is 37.2 Å². The first-order valence-corrected chi connectivity index (χ1v) is 16.7. The van der Waals surface area contributed by atoms with Gasteiger partial charge in [0.05, 0.1) is 56.1 Å². The molecule has 48 heavy (non-hydrogen) atoms. The van der Waals surface area contributed by atoms with Crippen molar-refractivity contribution in [3.63, 3.8) is 0 Å². The van der Waals surface area contributed by atoms with Crippen LogP contribution in [0.3, 0.4) is 0 Å². The largest absolute Gasteiger partial charge is 0.421 e. The van der Waals surface area contributed by atoms with Crippen LogP contribution in [0.15, 0.2) is 55.0 Å². The van der Waals surface area contributed by atoms with Crippen LogP contribution in [0.25, 0.3) is 11.1 Å². The number of aliphatic hydroxyl groups excluding tert-OH is 2. The number of rotatable bonds is 14. The molecular weight excluding hydrogens is 654 g/mol. The molecule has 1 aliphatic rings. The molecule has 17 heteroatoms. The molecule has 0 saturated carbocycles. The summed E-state index contributed by atoms with van der Waals surface area (Å²) in [5, 5.41) is 28.8. The highest BCUT2D eigenvalue weighted by molar-refractivity contribution is 7.53. The molecule has 0 bridgehead atoms. The SMILES string of the molecule is CCOP(=O)(Cc1ccc(Nc2ncc(C(F)(F)F)c(Nc3ccc(-c4cnn(C[C@H](O)CO)c4)c4c3C(=O)N(C)C4)n2)cc1)OCC. The summed E-state index contributed by atoms with van der Waals surface area (Å²) in [5.74, 6) is -1.09. The first-order chi connectivity index (χ1) is 22.8. The lowest BCUT2D eigenvalue weighted by atomic mass is 9.97. The molecule has 0 unspecified atom stereocenters. The normalized spacial score (nSPS) is 13.9. The second-order valence-corrected chi connectivity index (χ2v) is 13.0. The van der Waals surface area contributed by atoms with E-state index in [2.05, 4.69) is 25.7 Å². The van der Waals surface area contributed by atoms with Crippen LogP contribution in [0.2, 0.25) is 0 Å². The summed E-state index contributed by atoms with van der Waals surface area (Å²) in [6, 6.07) is 9.81. The highest BCUT2D eigenvalue weighted by Gasteiger charge is 2.37. The van der Waals surface area contributed by atoms with E-state index in [1.54, 1.807) is 63.6 Å². The average Bonchev–Trinajstić information content (AvgIpc) is 3.61. The van der Waals surface area contributed by atoms with Crippen molar-refractivity contribution >= 4 is 36.6 Å². The summed E-state index contributed by atoms with van der Waals surface area (Å²) in [4.78, 5) is 22.7. The van der Waals surface area contributed by atoms with Gasteiger partial charge in [0.1, 0.15) is 11.4 Å². The predicted octanol–water partition coefficient (Wildman–Crippen LogP) is 5.55. The Labute approximate surface area is 274 Å². The van der Waals surface area contributed by atoms with E-state index in [0.717, 1.165) is 0 Å². The van der Waals surface area contributed by atoms with Gasteiger partial charge in [-0.3, -0.25) is 14.0 Å². The lowest BCUT2D eigenvalue weighted by Gasteiger charge is -2.18. The molecule has 4 N–H and O–H groups in total.